The maximum Gasteiger partial charge on any atom is 0.127 e. The molecular weight excluding hydrogens is 322 g/mol. The van der Waals surface area contributed by atoms with Crippen LogP contribution in [0.4, 0.5) is 0 Å². The fourth-order valence-electron chi connectivity index (χ4n) is 2.37. The van der Waals surface area contributed by atoms with E-state index in [0.29, 0.717) is 17.5 Å². The monoisotopic (exact) mass is 347 g/mol. The molecule has 0 heterocycles. The van der Waals surface area contributed by atoms with Gasteiger partial charge in [-0.1, -0.05) is 30.7 Å². The Balaban J connectivity index is 1.95. The highest BCUT2D eigenvalue weighted by molar-refractivity contribution is 6.30. The van der Waals surface area contributed by atoms with Gasteiger partial charge >= 0.3 is 0 Å². The third-order valence-electron chi connectivity index (χ3n) is 4.24. The van der Waals surface area contributed by atoms with Crippen LogP contribution < -0.4 is 10.1 Å². The highest BCUT2D eigenvalue weighted by Crippen LogP contribution is 2.28. The summed E-state index contributed by atoms with van der Waals surface area (Å²) in [5.74, 6) is 1.46. The summed E-state index contributed by atoms with van der Waals surface area (Å²) in [6, 6.07) is 15.3. The normalized spacial score (nSPS) is 14.9. The second-order valence-corrected chi connectivity index (χ2v) is 6.80. The number of nitrogens with one attached hydrogen (secondary N) is 1. The minimum atomic E-state index is -0.862. The SMILES string of the molecule is CCC(C)NCCC(C)(O)c1ccc(Oc2ccc(Cl)cc2)cc1. The summed E-state index contributed by atoms with van der Waals surface area (Å²) >= 11 is 5.87. The van der Waals surface area contributed by atoms with Crippen LogP contribution in [0.1, 0.15) is 39.2 Å². The van der Waals surface area contributed by atoms with Gasteiger partial charge in [-0.05, 0) is 75.2 Å². The Kier molecular flexibility index (Phi) is 6.67. The van der Waals surface area contributed by atoms with Crippen molar-refractivity contribution in [2.75, 3.05) is 6.54 Å². The molecule has 0 aliphatic carbocycles. The minimum absolute atomic E-state index is 0.468. The predicted octanol–water partition coefficient (Wildman–Crippen LogP) is 5.12. The van der Waals surface area contributed by atoms with E-state index in [1.54, 1.807) is 12.1 Å². The third kappa shape index (κ3) is 5.52. The Labute approximate surface area is 149 Å². The quantitative estimate of drug-likeness (QED) is 0.696. The Morgan fingerprint density at radius 1 is 1.08 bits per heavy atom. The fraction of sp³-hybridized carbons (Fsp3) is 0.400. The van der Waals surface area contributed by atoms with Crippen molar-refractivity contribution in [2.45, 2.75) is 45.3 Å². The molecule has 0 aromatic heterocycles. The molecule has 2 rings (SSSR count). The number of hydrogen-bond acceptors (Lipinski definition) is 3. The van der Waals surface area contributed by atoms with E-state index in [1.165, 1.54) is 0 Å². The van der Waals surface area contributed by atoms with Crippen LogP contribution in [-0.4, -0.2) is 17.7 Å². The summed E-state index contributed by atoms with van der Waals surface area (Å²) in [6.45, 7) is 6.93. The lowest BCUT2D eigenvalue weighted by Gasteiger charge is -2.25. The van der Waals surface area contributed by atoms with Crippen LogP contribution in [0.25, 0.3) is 0 Å². The number of aliphatic hydroxyl groups is 1. The molecule has 2 atom stereocenters. The van der Waals surface area contributed by atoms with Crippen molar-refractivity contribution in [1.82, 2.24) is 5.32 Å². The Morgan fingerprint density at radius 2 is 1.62 bits per heavy atom. The molecule has 0 aliphatic rings. The van der Waals surface area contributed by atoms with E-state index in [4.69, 9.17) is 16.3 Å². The zero-order chi connectivity index (χ0) is 17.6. The second-order valence-electron chi connectivity index (χ2n) is 6.37. The van der Waals surface area contributed by atoms with E-state index in [0.717, 1.165) is 30.0 Å². The first-order valence-electron chi connectivity index (χ1n) is 8.40. The average molecular weight is 348 g/mol. The van der Waals surface area contributed by atoms with Crippen molar-refractivity contribution >= 4 is 11.6 Å². The molecule has 0 saturated carbocycles. The molecule has 0 fully saturated rings. The van der Waals surface area contributed by atoms with Gasteiger partial charge in [0.1, 0.15) is 11.5 Å². The molecule has 24 heavy (non-hydrogen) atoms. The zero-order valence-corrected chi connectivity index (χ0v) is 15.3. The lowest BCUT2D eigenvalue weighted by atomic mass is 9.92. The molecule has 3 nitrogen and oxygen atoms in total. The Morgan fingerprint density at radius 3 is 2.17 bits per heavy atom. The number of hydrogen-bond donors (Lipinski definition) is 2. The van der Waals surface area contributed by atoms with E-state index in [1.807, 2.05) is 43.3 Å². The summed E-state index contributed by atoms with van der Waals surface area (Å²) in [5.41, 5.74) is 0.0242. The van der Waals surface area contributed by atoms with E-state index in [9.17, 15) is 5.11 Å². The molecule has 0 amide bonds. The second kappa shape index (κ2) is 8.52. The summed E-state index contributed by atoms with van der Waals surface area (Å²) in [7, 11) is 0. The topological polar surface area (TPSA) is 41.5 Å². The lowest BCUT2D eigenvalue weighted by molar-refractivity contribution is 0.0473. The molecule has 2 unspecified atom stereocenters. The highest BCUT2D eigenvalue weighted by atomic mass is 35.5. The van der Waals surface area contributed by atoms with Gasteiger partial charge < -0.3 is 15.2 Å². The summed E-state index contributed by atoms with van der Waals surface area (Å²) < 4.78 is 5.78. The van der Waals surface area contributed by atoms with Gasteiger partial charge in [-0.3, -0.25) is 0 Å². The summed E-state index contributed by atoms with van der Waals surface area (Å²) in [6.07, 6.45) is 1.74. The molecule has 0 spiro atoms. The number of ether oxygens (including phenoxy) is 1. The standard InChI is InChI=1S/C20H26ClNO2/c1-4-15(2)22-14-13-20(3,23)16-5-9-18(10-6-16)24-19-11-7-17(21)8-12-19/h5-12,15,22-23H,4,13-14H2,1-3H3. The largest absolute Gasteiger partial charge is 0.457 e. The first-order chi connectivity index (χ1) is 11.4. The fourth-order valence-corrected chi connectivity index (χ4v) is 2.50. The third-order valence-corrected chi connectivity index (χ3v) is 4.49. The van der Waals surface area contributed by atoms with Crippen LogP contribution in [0.15, 0.2) is 48.5 Å². The van der Waals surface area contributed by atoms with Gasteiger partial charge in [0.05, 0.1) is 5.60 Å². The van der Waals surface area contributed by atoms with Gasteiger partial charge in [0, 0.05) is 11.1 Å². The molecule has 2 aromatic carbocycles. The molecule has 0 saturated heterocycles. The predicted molar refractivity (Wildman–Crippen MR) is 99.9 cm³/mol. The average Bonchev–Trinajstić information content (AvgIpc) is 2.57. The van der Waals surface area contributed by atoms with Crippen molar-refractivity contribution in [3.05, 3.63) is 59.1 Å². The summed E-state index contributed by atoms with van der Waals surface area (Å²) in [4.78, 5) is 0. The van der Waals surface area contributed by atoms with E-state index >= 15 is 0 Å². The smallest absolute Gasteiger partial charge is 0.127 e. The van der Waals surface area contributed by atoms with Crippen molar-refractivity contribution in [3.63, 3.8) is 0 Å². The molecule has 0 bridgehead atoms. The van der Waals surface area contributed by atoms with Gasteiger partial charge in [-0.15, -0.1) is 0 Å². The van der Waals surface area contributed by atoms with Gasteiger partial charge in [-0.25, -0.2) is 0 Å². The first-order valence-corrected chi connectivity index (χ1v) is 8.78. The van der Waals surface area contributed by atoms with Crippen molar-refractivity contribution in [3.8, 4) is 11.5 Å². The Bertz CT molecular complexity index is 623. The van der Waals surface area contributed by atoms with Crippen LogP contribution in [-0.2, 0) is 5.60 Å². The Hall–Kier alpha value is -1.55. The molecular formula is C20H26ClNO2. The number of halogens is 1. The maximum absolute atomic E-state index is 10.7. The van der Waals surface area contributed by atoms with Gasteiger partial charge in [0.2, 0.25) is 0 Å². The van der Waals surface area contributed by atoms with Crippen molar-refractivity contribution in [1.29, 1.82) is 0 Å². The van der Waals surface area contributed by atoms with Crippen LogP contribution >= 0.6 is 11.6 Å². The zero-order valence-electron chi connectivity index (χ0n) is 14.6. The number of rotatable bonds is 8. The van der Waals surface area contributed by atoms with E-state index in [-0.39, 0.29) is 0 Å². The molecule has 4 heteroatoms. The van der Waals surface area contributed by atoms with Crippen LogP contribution in [0, 0.1) is 0 Å². The maximum atomic E-state index is 10.7. The molecule has 130 valence electrons. The van der Waals surface area contributed by atoms with Crippen molar-refractivity contribution in [2.24, 2.45) is 0 Å². The lowest BCUT2D eigenvalue weighted by Crippen LogP contribution is -2.32. The number of benzene rings is 2. The molecule has 2 aromatic rings. The highest BCUT2D eigenvalue weighted by Gasteiger charge is 2.22. The van der Waals surface area contributed by atoms with E-state index < -0.39 is 5.60 Å². The molecule has 0 radical (unpaired) electrons. The van der Waals surface area contributed by atoms with Crippen LogP contribution in [0.5, 0.6) is 11.5 Å². The van der Waals surface area contributed by atoms with Gasteiger partial charge in [-0.2, -0.15) is 0 Å². The summed E-state index contributed by atoms with van der Waals surface area (Å²) in [5, 5.41) is 14.8. The van der Waals surface area contributed by atoms with Gasteiger partial charge in [0.15, 0.2) is 0 Å². The minimum Gasteiger partial charge on any atom is -0.457 e. The van der Waals surface area contributed by atoms with E-state index in [2.05, 4.69) is 19.2 Å². The van der Waals surface area contributed by atoms with Crippen LogP contribution in [0.3, 0.4) is 0 Å². The van der Waals surface area contributed by atoms with Crippen LogP contribution in [0.2, 0.25) is 5.02 Å². The van der Waals surface area contributed by atoms with Crippen molar-refractivity contribution < 1.29 is 9.84 Å². The molecule has 0 aliphatic heterocycles. The van der Waals surface area contributed by atoms with Gasteiger partial charge in [0.25, 0.3) is 0 Å². The molecule has 2 N–H and O–H groups in total. The first kappa shape index (κ1) is 18.8.